The number of guanidine groups is 1. The van der Waals surface area contributed by atoms with E-state index in [1.54, 1.807) is 40.0 Å². The van der Waals surface area contributed by atoms with Crippen LogP contribution in [0.15, 0.2) is 23.2 Å². The van der Waals surface area contributed by atoms with Crippen LogP contribution in [0.4, 0.5) is 4.79 Å². The molecular weight excluding hydrogens is 491 g/mol. The van der Waals surface area contributed by atoms with Crippen molar-refractivity contribution in [3.8, 4) is 5.75 Å². The molecule has 0 fully saturated rings. The lowest BCUT2D eigenvalue weighted by molar-refractivity contribution is 0.0527. The quantitative estimate of drug-likeness (QED) is 0.166. The van der Waals surface area contributed by atoms with Crippen molar-refractivity contribution in [2.24, 2.45) is 4.99 Å². The lowest BCUT2D eigenvalue weighted by Gasteiger charge is -2.20. The van der Waals surface area contributed by atoms with E-state index in [-0.39, 0.29) is 24.0 Å². The minimum absolute atomic E-state index is 0. The number of benzene rings is 1. The highest BCUT2D eigenvalue weighted by atomic mass is 127. The van der Waals surface area contributed by atoms with E-state index in [1.165, 1.54) is 14.2 Å². The Labute approximate surface area is 189 Å². The van der Waals surface area contributed by atoms with Gasteiger partial charge in [-0.1, -0.05) is 6.07 Å². The normalized spacial score (nSPS) is 11.0. The minimum Gasteiger partial charge on any atom is -0.496 e. The van der Waals surface area contributed by atoms with Gasteiger partial charge in [-0.3, -0.25) is 4.99 Å². The van der Waals surface area contributed by atoms with Gasteiger partial charge in [0, 0.05) is 26.7 Å². The molecule has 0 spiro atoms. The summed E-state index contributed by atoms with van der Waals surface area (Å²) in [5.41, 5.74) is 0.682. The molecule has 0 unspecified atom stereocenters. The maximum atomic E-state index is 11.9. The first-order chi connectivity index (χ1) is 13.2. The van der Waals surface area contributed by atoms with Gasteiger partial charge >= 0.3 is 12.1 Å². The summed E-state index contributed by atoms with van der Waals surface area (Å²) in [5.74, 6) is 0.544. The van der Waals surface area contributed by atoms with Crippen molar-refractivity contribution in [1.82, 2.24) is 16.0 Å². The largest absolute Gasteiger partial charge is 0.496 e. The smallest absolute Gasteiger partial charge is 0.407 e. The Morgan fingerprint density at radius 3 is 2.28 bits per heavy atom. The molecule has 0 aromatic heterocycles. The molecule has 3 N–H and O–H groups in total. The van der Waals surface area contributed by atoms with E-state index in [2.05, 4.69) is 20.9 Å². The van der Waals surface area contributed by atoms with Crippen LogP contribution in [0.25, 0.3) is 0 Å². The third kappa shape index (κ3) is 10.2. The second-order valence-corrected chi connectivity index (χ2v) is 6.81. The second-order valence-electron chi connectivity index (χ2n) is 6.81. The predicted octanol–water partition coefficient (Wildman–Crippen LogP) is 2.29. The van der Waals surface area contributed by atoms with Crippen LogP contribution in [0, 0.1) is 0 Å². The molecule has 164 valence electrons. The highest BCUT2D eigenvalue weighted by Gasteiger charge is 2.15. The number of hydrogen-bond donors (Lipinski definition) is 3. The third-order valence-corrected chi connectivity index (χ3v) is 3.44. The zero-order chi connectivity index (χ0) is 21.2. The van der Waals surface area contributed by atoms with Crippen LogP contribution in [0.2, 0.25) is 0 Å². The number of aliphatic imine (C=N–C) groups is 1. The first kappa shape index (κ1) is 26.8. The summed E-state index contributed by atoms with van der Waals surface area (Å²) in [4.78, 5) is 27.6. The number of rotatable bonds is 7. The van der Waals surface area contributed by atoms with Crippen molar-refractivity contribution in [3.05, 3.63) is 29.3 Å². The van der Waals surface area contributed by atoms with Gasteiger partial charge in [0.1, 0.15) is 16.9 Å². The first-order valence-electron chi connectivity index (χ1n) is 8.86. The number of halogens is 1. The Morgan fingerprint density at radius 1 is 1.07 bits per heavy atom. The lowest BCUT2D eigenvalue weighted by Crippen LogP contribution is -2.42. The highest BCUT2D eigenvalue weighted by molar-refractivity contribution is 14.0. The van der Waals surface area contributed by atoms with Crippen LogP contribution in [0.1, 0.15) is 36.7 Å². The monoisotopic (exact) mass is 522 g/mol. The summed E-state index contributed by atoms with van der Waals surface area (Å²) in [6.07, 6.45) is -0.467. The molecule has 0 aliphatic carbocycles. The number of amides is 1. The van der Waals surface area contributed by atoms with E-state index in [9.17, 15) is 9.59 Å². The summed E-state index contributed by atoms with van der Waals surface area (Å²) in [5, 5.41) is 8.88. The average molecular weight is 522 g/mol. The lowest BCUT2D eigenvalue weighted by atomic mass is 10.1. The van der Waals surface area contributed by atoms with Gasteiger partial charge in [-0.2, -0.15) is 0 Å². The Morgan fingerprint density at radius 2 is 1.72 bits per heavy atom. The predicted molar refractivity (Wildman–Crippen MR) is 122 cm³/mol. The van der Waals surface area contributed by atoms with E-state index < -0.39 is 17.7 Å². The van der Waals surface area contributed by atoms with Crippen LogP contribution in [-0.2, 0) is 16.0 Å². The fourth-order valence-electron chi connectivity index (χ4n) is 2.20. The topological polar surface area (TPSA) is 110 Å². The SMILES string of the molecule is CN=C(NCCNC(=O)OC(C)(C)C)NCc1ccc(OC)c(C(=O)OC)c1.I. The van der Waals surface area contributed by atoms with Gasteiger partial charge in [0.15, 0.2) is 5.96 Å². The maximum Gasteiger partial charge on any atom is 0.407 e. The molecule has 1 aromatic carbocycles. The highest BCUT2D eigenvalue weighted by Crippen LogP contribution is 2.20. The Kier molecular flexibility index (Phi) is 12.1. The van der Waals surface area contributed by atoms with E-state index in [0.29, 0.717) is 36.9 Å². The van der Waals surface area contributed by atoms with Gasteiger partial charge in [0.2, 0.25) is 0 Å². The summed E-state index contributed by atoms with van der Waals surface area (Å²) < 4.78 is 15.1. The molecule has 1 rings (SSSR count). The standard InChI is InChI=1S/C19H30N4O5.HI/c1-19(2,3)28-18(25)22-10-9-21-17(20-4)23-12-13-7-8-15(26-5)14(11-13)16(24)27-6;/h7-8,11H,9-10,12H2,1-6H3,(H,22,25)(H2,20,21,23);1H. The number of esters is 1. The summed E-state index contributed by atoms with van der Waals surface area (Å²) in [6, 6.07) is 5.26. The van der Waals surface area contributed by atoms with Crippen LogP contribution in [-0.4, -0.2) is 58.0 Å². The molecule has 0 heterocycles. The molecule has 1 aromatic rings. The zero-order valence-corrected chi connectivity index (χ0v) is 20.1. The molecule has 0 bridgehead atoms. The van der Waals surface area contributed by atoms with E-state index in [4.69, 9.17) is 14.2 Å². The summed E-state index contributed by atoms with van der Waals surface area (Å²) >= 11 is 0. The maximum absolute atomic E-state index is 11.9. The molecule has 0 aliphatic heterocycles. The molecule has 9 nitrogen and oxygen atoms in total. The van der Waals surface area contributed by atoms with Crippen LogP contribution in [0.5, 0.6) is 5.75 Å². The van der Waals surface area contributed by atoms with E-state index in [1.807, 2.05) is 6.07 Å². The minimum atomic E-state index is -0.531. The number of hydrogen-bond acceptors (Lipinski definition) is 6. The van der Waals surface area contributed by atoms with Crippen molar-refractivity contribution < 1.29 is 23.8 Å². The molecule has 0 saturated carbocycles. The van der Waals surface area contributed by atoms with Gasteiger partial charge in [0.05, 0.1) is 14.2 Å². The van der Waals surface area contributed by atoms with Crippen molar-refractivity contribution >= 4 is 42.0 Å². The van der Waals surface area contributed by atoms with Gasteiger partial charge in [0.25, 0.3) is 0 Å². The number of nitrogens with zero attached hydrogens (tertiary/aromatic N) is 1. The number of nitrogens with one attached hydrogen (secondary N) is 3. The van der Waals surface area contributed by atoms with Gasteiger partial charge < -0.3 is 30.2 Å². The number of ether oxygens (including phenoxy) is 3. The van der Waals surface area contributed by atoms with Crippen LogP contribution in [0.3, 0.4) is 0 Å². The molecule has 10 heteroatoms. The van der Waals surface area contributed by atoms with Crippen molar-refractivity contribution in [1.29, 1.82) is 0 Å². The Bertz CT molecular complexity index is 704. The molecule has 0 radical (unpaired) electrons. The number of alkyl carbamates (subject to hydrolysis) is 1. The van der Waals surface area contributed by atoms with Crippen LogP contribution < -0.4 is 20.7 Å². The zero-order valence-electron chi connectivity index (χ0n) is 17.8. The number of carbonyl (C=O) groups excluding carboxylic acids is 2. The van der Waals surface area contributed by atoms with Crippen molar-refractivity contribution in [3.63, 3.8) is 0 Å². The Balaban J connectivity index is 0.00000784. The van der Waals surface area contributed by atoms with Crippen molar-refractivity contribution in [2.75, 3.05) is 34.4 Å². The van der Waals surface area contributed by atoms with Crippen molar-refractivity contribution in [2.45, 2.75) is 32.9 Å². The average Bonchev–Trinajstić information content (AvgIpc) is 2.65. The Hall–Kier alpha value is -2.24. The number of methoxy groups -OCH3 is 2. The number of carbonyl (C=O) groups is 2. The van der Waals surface area contributed by atoms with Gasteiger partial charge in [-0.05, 0) is 38.5 Å². The summed E-state index contributed by atoms with van der Waals surface area (Å²) in [7, 11) is 4.46. The molecule has 1 amide bonds. The van der Waals surface area contributed by atoms with E-state index >= 15 is 0 Å². The molecule has 0 aliphatic rings. The summed E-state index contributed by atoms with van der Waals surface area (Å²) in [6.45, 7) is 6.71. The molecule has 0 atom stereocenters. The second kappa shape index (κ2) is 13.1. The molecule has 29 heavy (non-hydrogen) atoms. The van der Waals surface area contributed by atoms with Gasteiger partial charge in [-0.15, -0.1) is 24.0 Å². The molecular formula is C19H31IN4O5. The first-order valence-corrected chi connectivity index (χ1v) is 8.86. The third-order valence-electron chi connectivity index (χ3n) is 3.44. The van der Waals surface area contributed by atoms with E-state index in [0.717, 1.165) is 5.56 Å². The van der Waals surface area contributed by atoms with Gasteiger partial charge in [-0.25, -0.2) is 9.59 Å². The van der Waals surface area contributed by atoms with Crippen LogP contribution >= 0.6 is 24.0 Å². The molecule has 0 saturated heterocycles. The fourth-order valence-corrected chi connectivity index (χ4v) is 2.20. The fraction of sp³-hybridized carbons (Fsp3) is 0.526.